The predicted molar refractivity (Wildman–Crippen MR) is 81.5 cm³/mol. The highest BCUT2D eigenvalue weighted by molar-refractivity contribution is 5.94. The Bertz CT molecular complexity index is 720. The lowest BCUT2D eigenvalue weighted by Crippen LogP contribution is -2.31. The molecule has 1 heterocycles. The van der Waals surface area contributed by atoms with Gasteiger partial charge in [0.15, 0.2) is 0 Å². The van der Waals surface area contributed by atoms with E-state index in [4.69, 9.17) is 0 Å². The van der Waals surface area contributed by atoms with Gasteiger partial charge >= 0.3 is 0 Å². The number of amides is 1. The number of nitrogens with zero attached hydrogens (tertiary/aromatic N) is 2. The Kier molecular flexibility index (Phi) is 4.52. The van der Waals surface area contributed by atoms with E-state index in [1.54, 1.807) is 13.0 Å². The third-order valence-electron chi connectivity index (χ3n) is 3.48. The molecule has 1 aromatic carbocycles. The minimum atomic E-state index is -0.133. The van der Waals surface area contributed by atoms with Gasteiger partial charge in [0, 0.05) is 30.4 Å². The maximum Gasteiger partial charge on any atom is 0.256 e. The Balaban J connectivity index is 1.97. The molecule has 5 nitrogen and oxygen atoms in total. The molecule has 2 rings (SSSR count). The molecule has 0 aliphatic rings. The smallest absolute Gasteiger partial charge is 0.256 e. The van der Waals surface area contributed by atoms with Crippen LogP contribution in [0.15, 0.2) is 35.5 Å². The van der Waals surface area contributed by atoms with Crippen LogP contribution in [-0.2, 0) is 6.54 Å². The van der Waals surface area contributed by atoms with Crippen LogP contribution in [-0.4, -0.2) is 22.0 Å². The lowest BCUT2D eigenvalue weighted by Gasteiger charge is -2.09. The van der Waals surface area contributed by atoms with E-state index in [1.165, 1.54) is 17.1 Å². The van der Waals surface area contributed by atoms with Crippen LogP contribution in [0.4, 0.5) is 0 Å². The first kappa shape index (κ1) is 15.0. The van der Waals surface area contributed by atoms with Gasteiger partial charge < -0.3 is 5.32 Å². The number of hydrogen-bond donors (Lipinski definition) is 1. The summed E-state index contributed by atoms with van der Waals surface area (Å²) in [4.78, 5) is 27.8. The van der Waals surface area contributed by atoms with Gasteiger partial charge in [-0.05, 0) is 44.0 Å². The Hall–Kier alpha value is -2.43. The van der Waals surface area contributed by atoms with Crippen molar-refractivity contribution in [2.75, 3.05) is 6.54 Å². The maximum absolute atomic E-state index is 12.0. The number of nitrogens with one attached hydrogen (secondary N) is 1. The molecule has 1 N–H and O–H groups in total. The summed E-state index contributed by atoms with van der Waals surface area (Å²) in [6, 6.07) is 5.60. The number of carbonyl (C=O) groups excluding carboxylic acids is 1. The molecule has 110 valence electrons. The molecule has 2 aromatic rings. The highest BCUT2D eigenvalue weighted by atomic mass is 16.1. The predicted octanol–water partition coefficient (Wildman–Crippen LogP) is 1.60. The molecule has 0 fully saturated rings. The monoisotopic (exact) mass is 285 g/mol. The largest absolute Gasteiger partial charge is 0.350 e. The molecular weight excluding hydrogens is 266 g/mol. The molecule has 21 heavy (non-hydrogen) atoms. The second-order valence-electron chi connectivity index (χ2n) is 5.13. The first-order valence-corrected chi connectivity index (χ1v) is 6.85. The highest BCUT2D eigenvalue weighted by Gasteiger charge is 2.06. The molecule has 0 aliphatic heterocycles. The van der Waals surface area contributed by atoms with Crippen molar-refractivity contribution in [3.8, 4) is 0 Å². The van der Waals surface area contributed by atoms with E-state index in [2.05, 4.69) is 10.3 Å². The molecule has 0 unspecified atom stereocenters. The molecule has 0 saturated carbocycles. The van der Waals surface area contributed by atoms with E-state index in [1.807, 2.05) is 26.0 Å². The van der Waals surface area contributed by atoms with E-state index in [9.17, 15) is 9.59 Å². The Morgan fingerprint density at radius 1 is 1.19 bits per heavy atom. The van der Waals surface area contributed by atoms with E-state index >= 15 is 0 Å². The first-order chi connectivity index (χ1) is 9.99. The maximum atomic E-state index is 12.0. The van der Waals surface area contributed by atoms with Crippen molar-refractivity contribution < 1.29 is 4.79 Å². The fraction of sp³-hybridized carbons (Fsp3) is 0.312. The summed E-state index contributed by atoms with van der Waals surface area (Å²) in [7, 11) is 0. The summed E-state index contributed by atoms with van der Waals surface area (Å²) < 4.78 is 1.50. The molecule has 5 heteroatoms. The van der Waals surface area contributed by atoms with Crippen molar-refractivity contribution in [2.45, 2.75) is 27.3 Å². The third kappa shape index (κ3) is 3.56. The third-order valence-corrected chi connectivity index (χ3v) is 3.48. The molecule has 0 atom stereocenters. The average molecular weight is 285 g/mol. The molecule has 0 saturated heterocycles. The van der Waals surface area contributed by atoms with Crippen molar-refractivity contribution in [1.82, 2.24) is 14.9 Å². The molecule has 0 radical (unpaired) electrons. The zero-order valence-electron chi connectivity index (χ0n) is 12.5. The summed E-state index contributed by atoms with van der Waals surface area (Å²) in [5.41, 5.74) is 3.39. The van der Waals surface area contributed by atoms with E-state index in [0.717, 1.165) is 11.1 Å². The van der Waals surface area contributed by atoms with Crippen LogP contribution in [0.2, 0.25) is 0 Å². The lowest BCUT2D eigenvalue weighted by molar-refractivity contribution is 0.0952. The molecule has 0 aliphatic carbocycles. The number of carbonyl (C=O) groups is 1. The van der Waals surface area contributed by atoms with Gasteiger partial charge in [-0.3, -0.25) is 14.2 Å². The number of rotatable bonds is 4. The second kappa shape index (κ2) is 6.35. The molecule has 0 spiro atoms. The van der Waals surface area contributed by atoms with Crippen LogP contribution in [0, 0.1) is 20.8 Å². The SMILES string of the molecule is Cc1ccc(C(=O)NCCn2cncc(C)c2=O)cc1C. The fourth-order valence-corrected chi connectivity index (χ4v) is 1.99. The quantitative estimate of drug-likeness (QED) is 0.928. The van der Waals surface area contributed by atoms with Gasteiger partial charge in [0.1, 0.15) is 0 Å². The van der Waals surface area contributed by atoms with Gasteiger partial charge in [0.2, 0.25) is 0 Å². The summed E-state index contributed by atoms with van der Waals surface area (Å²) >= 11 is 0. The molecule has 0 bridgehead atoms. The van der Waals surface area contributed by atoms with Gasteiger partial charge in [-0.25, -0.2) is 4.98 Å². The zero-order valence-corrected chi connectivity index (χ0v) is 12.5. The number of aryl methyl sites for hydroxylation is 3. The zero-order chi connectivity index (χ0) is 15.4. The Morgan fingerprint density at radius 2 is 1.95 bits per heavy atom. The van der Waals surface area contributed by atoms with Crippen molar-refractivity contribution in [3.63, 3.8) is 0 Å². The topological polar surface area (TPSA) is 64.0 Å². The van der Waals surface area contributed by atoms with Crippen LogP contribution in [0.1, 0.15) is 27.0 Å². The van der Waals surface area contributed by atoms with Crippen molar-refractivity contribution in [2.24, 2.45) is 0 Å². The van der Waals surface area contributed by atoms with Gasteiger partial charge in [0.25, 0.3) is 11.5 Å². The Morgan fingerprint density at radius 3 is 2.67 bits per heavy atom. The van der Waals surface area contributed by atoms with Crippen LogP contribution in [0.3, 0.4) is 0 Å². The van der Waals surface area contributed by atoms with E-state index in [-0.39, 0.29) is 11.5 Å². The van der Waals surface area contributed by atoms with Crippen LogP contribution in [0.5, 0.6) is 0 Å². The highest BCUT2D eigenvalue weighted by Crippen LogP contribution is 2.09. The summed E-state index contributed by atoms with van der Waals surface area (Å²) in [5, 5.41) is 2.81. The molecular formula is C16H19N3O2. The van der Waals surface area contributed by atoms with Crippen LogP contribution in [0.25, 0.3) is 0 Å². The molecule has 1 aromatic heterocycles. The van der Waals surface area contributed by atoms with Gasteiger partial charge in [0.05, 0.1) is 6.33 Å². The van der Waals surface area contributed by atoms with Gasteiger partial charge in [-0.1, -0.05) is 6.07 Å². The lowest BCUT2D eigenvalue weighted by atomic mass is 10.1. The fourth-order valence-electron chi connectivity index (χ4n) is 1.99. The second-order valence-corrected chi connectivity index (χ2v) is 5.13. The minimum absolute atomic E-state index is 0.0783. The van der Waals surface area contributed by atoms with Crippen molar-refractivity contribution >= 4 is 5.91 Å². The minimum Gasteiger partial charge on any atom is -0.350 e. The summed E-state index contributed by atoms with van der Waals surface area (Å²) in [5.74, 6) is -0.133. The average Bonchev–Trinajstić information content (AvgIpc) is 2.46. The number of aromatic nitrogens is 2. The van der Waals surface area contributed by atoms with Gasteiger partial charge in [-0.15, -0.1) is 0 Å². The first-order valence-electron chi connectivity index (χ1n) is 6.85. The summed E-state index contributed by atoms with van der Waals surface area (Å²) in [6.07, 6.45) is 3.02. The number of benzene rings is 1. The standard InChI is InChI=1S/C16H19N3O2/c1-11-4-5-14(8-12(11)2)15(20)18-6-7-19-10-17-9-13(3)16(19)21/h4-5,8-10H,6-7H2,1-3H3,(H,18,20). The normalized spacial score (nSPS) is 10.4. The van der Waals surface area contributed by atoms with Crippen LogP contribution >= 0.6 is 0 Å². The van der Waals surface area contributed by atoms with Gasteiger partial charge in [-0.2, -0.15) is 0 Å². The van der Waals surface area contributed by atoms with Crippen LogP contribution < -0.4 is 10.9 Å². The molecule has 1 amide bonds. The van der Waals surface area contributed by atoms with E-state index in [0.29, 0.717) is 24.2 Å². The van der Waals surface area contributed by atoms with Crippen molar-refractivity contribution in [1.29, 1.82) is 0 Å². The summed E-state index contributed by atoms with van der Waals surface area (Å²) in [6.45, 7) is 6.50. The number of hydrogen-bond acceptors (Lipinski definition) is 3. The van der Waals surface area contributed by atoms with Crippen molar-refractivity contribution in [3.05, 3.63) is 63.3 Å². The Labute approximate surface area is 123 Å². The van der Waals surface area contributed by atoms with E-state index < -0.39 is 0 Å².